The molecule has 0 spiro atoms. The zero-order valence-electron chi connectivity index (χ0n) is 13.7. The molecule has 0 saturated carbocycles. The molecule has 128 valence electrons. The number of β-amino-alcohol motifs (C(OH)–C–C–N with tert-alkyl or cyclic N) is 1. The predicted molar refractivity (Wildman–Crippen MR) is 88.4 cm³/mol. The van der Waals surface area contributed by atoms with Gasteiger partial charge in [0.15, 0.2) is 0 Å². The molecule has 1 amide bonds. The minimum atomic E-state index is -0.935. The third-order valence-corrected chi connectivity index (χ3v) is 4.16. The third kappa shape index (κ3) is 4.08. The molecule has 1 aliphatic heterocycles. The quantitative estimate of drug-likeness (QED) is 0.781. The maximum atomic E-state index is 12.0. The number of rotatable bonds is 6. The highest BCUT2D eigenvalue weighted by atomic mass is 16.3. The van der Waals surface area contributed by atoms with Crippen molar-refractivity contribution < 1.29 is 9.90 Å². The molecule has 24 heavy (non-hydrogen) atoms. The monoisotopic (exact) mass is 330 g/mol. The van der Waals surface area contributed by atoms with Gasteiger partial charge in [0.1, 0.15) is 11.4 Å². The van der Waals surface area contributed by atoms with Crippen molar-refractivity contribution in [3.63, 3.8) is 0 Å². The normalized spacial score (nSPS) is 20.3. The van der Waals surface area contributed by atoms with Crippen LogP contribution in [0.2, 0.25) is 0 Å². The Kier molecular flexibility index (Phi) is 4.75. The molecule has 2 N–H and O–H groups in total. The number of hydrogen-bond donors (Lipinski definition) is 2. The van der Waals surface area contributed by atoms with Gasteiger partial charge < -0.3 is 15.3 Å². The summed E-state index contributed by atoms with van der Waals surface area (Å²) in [6.45, 7) is 3.81. The fraction of sp³-hybridized carbons (Fsp3) is 0.500. The number of aliphatic hydroxyl groups is 1. The summed E-state index contributed by atoms with van der Waals surface area (Å²) < 4.78 is 1.75. The van der Waals surface area contributed by atoms with Crippen LogP contribution < -0.4 is 10.2 Å². The van der Waals surface area contributed by atoms with Gasteiger partial charge in [-0.3, -0.25) is 14.5 Å². The summed E-state index contributed by atoms with van der Waals surface area (Å²) >= 11 is 0. The molecule has 0 bridgehead atoms. The summed E-state index contributed by atoms with van der Waals surface area (Å²) in [5.74, 6) is 0.656. The first-order valence-electron chi connectivity index (χ1n) is 8.04. The molecular weight excluding hydrogens is 308 g/mol. The molecule has 1 aliphatic rings. The van der Waals surface area contributed by atoms with Crippen LogP contribution in [0.25, 0.3) is 0 Å². The van der Waals surface area contributed by atoms with Crippen LogP contribution in [0.4, 0.5) is 5.82 Å². The van der Waals surface area contributed by atoms with E-state index in [-0.39, 0.29) is 12.5 Å². The van der Waals surface area contributed by atoms with Crippen molar-refractivity contribution in [2.24, 2.45) is 0 Å². The van der Waals surface area contributed by atoms with Crippen molar-refractivity contribution in [1.29, 1.82) is 0 Å². The number of aryl methyl sites for hydroxylation is 2. The van der Waals surface area contributed by atoms with Crippen molar-refractivity contribution in [2.75, 3.05) is 24.5 Å². The standard InChI is InChI=1S/C16H22N6O2/c1-13-2-7-22(20-13)8-3-15(23)19-11-16(24)4-9-21(12-16)14-10-17-5-6-18-14/h2,5-7,10,24H,3-4,8-9,11-12H2,1H3,(H,19,23). The second-order valence-corrected chi connectivity index (χ2v) is 6.21. The van der Waals surface area contributed by atoms with Gasteiger partial charge in [-0.05, 0) is 19.4 Å². The molecule has 0 aliphatic carbocycles. The molecule has 3 rings (SSSR count). The lowest BCUT2D eigenvalue weighted by molar-refractivity contribution is -0.122. The number of carbonyl (C=O) groups is 1. The maximum Gasteiger partial charge on any atom is 0.221 e. The topological polar surface area (TPSA) is 96.2 Å². The Hall–Kier alpha value is -2.48. The van der Waals surface area contributed by atoms with Gasteiger partial charge in [0.25, 0.3) is 0 Å². The van der Waals surface area contributed by atoms with Crippen LogP contribution in [-0.4, -0.2) is 56.0 Å². The zero-order valence-corrected chi connectivity index (χ0v) is 13.7. The Bertz CT molecular complexity index is 689. The Labute approximate surface area is 140 Å². The van der Waals surface area contributed by atoms with Crippen molar-refractivity contribution >= 4 is 11.7 Å². The summed E-state index contributed by atoms with van der Waals surface area (Å²) in [5, 5.41) is 17.7. The molecule has 3 heterocycles. The van der Waals surface area contributed by atoms with Crippen molar-refractivity contribution in [2.45, 2.75) is 31.9 Å². The van der Waals surface area contributed by atoms with E-state index in [0.29, 0.717) is 32.5 Å². The highest BCUT2D eigenvalue weighted by Gasteiger charge is 2.36. The summed E-state index contributed by atoms with van der Waals surface area (Å²) in [6, 6.07) is 1.90. The molecule has 0 radical (unpaired) electrons. The van der Waals surface area contributed by atoms with Gasteiger partial charge in [-0.25, -0.2) is 4.98 Å². The minimum absolute atomic E-state index is 0.0884. The molecule has 8 heteroatoms. The van der Waals surface area contributed by atoms with Crippen LogP contribution >= 0.6 is 0 Å². The van der Waals surface area contributed by atoms with E-state index in [0.717, 1.165) is 11.5 Å². The number of hydrogen-bond acceptors (Lipinski definition) is 6. The first kappa shape index (κ1) is 16.4. The van der Waals surface area contributed by atoms with Crippen LogP contribution in [0, 0.1) is 6.92 Å². The maximum absolute atomic E-state index is 12.0. The first-order valence-corrected chi connectivity index (χ1v) is 8.04. The number of aromatic nitrogens is 4. The highest BCUT2D eigenvalue weighted by molar-refractivity contribution is 5.75. The third-order valence-electron chi connectivity index (χ3n) is 4.16. The van der Waals surface area contributed by atoms with Gasteiger partial charge in [-0.15, -0.1) is 0 Å². The second kappa shape index (κ2) is 6.96. The lowest BCUT2D eigenvalue weighted by atomic mass is 10.0. The van der Waals surface area contributed by atoms with E-state index in [1.165, 1.54) is 0 Å². The first-order chi connectivity index (χ1) is 11.5. The van der Waals surface area contributed by atoms with Gasteiger partial charge in [-0.1, -0.05) is 0 Å². The van der Waals surface area contributed by atoms with Crippen LogP contribution in [0.5, 0.6) is 0 Å². The number of nitrogens with one attached hydrogen (secondary N) is 1. The smallest absolute Gasteiger partial charge is 0.221 e. The summed E-state index contributed by atoms with van der Waals surface area (Å²) in [7, 11) is 0. The Morgan fingerprint density at radius 2 is 2.33 bits per heavy atom. The zero-order chi connectivity index (χ0) is 17.0. The summed E-state index contributed by atoms with van der Waals surface area (Å²) in [5.41, 5.74) is -0.00470. The van der Waals surface area contributed by atoms with Crippen molar-refractivity contribution in [3.8, 4) is 0 Å². The highest BCUT2D eigenvalue weighted by Crippen LogP contribution is 2.24. The lowest BCUT2D eigenvalue weighted by Gasteiger charge is -2.24. The van der Waals surface area contributed by atoms with Crippen LogP contribution in [0.3, 0.4) is 0 Å². The fourth-order valence-electron chi connectivity index (χ4n) is 2.81. The van der Waals surface area contributed by atoms with Gasteiger partial charge in [0.05, 0.1) is 11.9 Å². The number of nitrogens with zero attached hydrogens (tertiary/aromatic N) is 5. The largest absolute Gasteiger partial charge is 0.386 e. The lowest BCUT2D eigenvalue weighted by Crippen LogP contribution is -2.45. The van der Waals surface area contributed by atoms with Crippen molar-refractivity contribution in [1.82, 2.24) is 25.1 Å². The molecule has 0 aromatic carbocycles. The summed E-state index contributed by atoms with van der Waals surface area (Å²) in [6.07, 6.45) is 7.70. The molecule has 8 nitrogen and oxygen atoms in total. The molecule has 2 aromatic heterocycles. The number of anilines is 1. The van der Waals surface area contributed by atoms with E-state index in [1.54, 1.807) is 23.3 Å². The Morgan fingerprint density at radius 3 is 3.04 bits per heavy atom. The van der Waals surface area contributed by atoms with Gasteiger partial charge in [0, 0.05) is 51.2 Å². The molecular formula is C16H22N6O2. The summed E-state index contributed by atoms with van der Waals surface area (Å²) in [4.78, 5) is 22.2. The molecule has 1 unspecified atom stereocenters. The van der Waals surface area contributed by atoms with Gasteiger partial charge >= 0.3 is 0 Å². The Morgan fingerprint density at radius 1 is 1.46 bits per heavy atom. The number of carbonyl (C=O) groups excluding carboxylic acids is 1. The molecule has 1 fully saturated rings. The molecule has 1 saturated heterocycles. The average molecular weight is 330 g/mol. The van der Waals surface area contributed by atoms with Crippen LogP contribution in [0.1, 0.15) is 18.5 Å². The van der Waals surface area contributed by atoms with E-state index in [4.69, 9.17) is 0 Å². The van der Waals surface area contributed by atoms with Crippen molar-refractivity contribution in [3.05, 3.63) is 36.5 Å². The predicted octanol–water partition coefficient (Wildman–Crippen LogP) is 0.129. The van der Waals surface area contributed by atoms with E-state index in [1.807, 2.05) is 24.1 Å². The fourth-order valence-corrected chi connectivity index (χ4v) is 2.81. The van der Waals surface area contributed by atoms with Crippen LogP contribution in [-0.2, 0) is 11.3 Å². The minimum Gasteiger partial charge on any atom is -0.386 e. The molecule has 2 aromatic rings. The Balaban J connectivity index is 1.45. The SMILES string of the molecule is Cc1ccn(CCC(=O)NCC2(O)CCN(c3cnccn3)C2)n1. The van der Waals surface area contributed by atoms with E-state index < -0.39 is 5.60 Å². The van der Waals surface area contributed by atoms with Crippen LogP contribution in [0.15, 0.2) is 30.9 Å². The van der Waals surface area contributed by atoms with E-state index >= 15 is 0 Å². The van der Waals surface area contributed by atoms with E-state index in [9.17, 15) is 9.90 Å². The molecule has 1 atom stereocenters. The average Bonchev–Trinajstić information content (AvgIpc) is 3.18. The number of amides is 1. The second-order valence-electron chi connectivity index (χ2n) is 6.21. The van der Waals surface area contributed by atoms with Gasteiger partial charge in [-0.2, -0.15) is 5.10 Å². The van der Waals surface area contributed by atoms with E-state index in [2.05, 4.69) is 20.4 Å². The van der Waals surface area contributed by atoms with Gasteiger partial charge in [0.2, 0.25) is 5.91 Å².